The highest BCUT2D eigenvalue weighted by Gasteiger charge is 2.40. The van der Waals surface area contributed by atoms with Crippen LogP contribution in [0.2, 0.25) is 0 Å². The topological polar surface area (TPSA) is 3.24 Å². The van der Waals surface area contributed by atoms with Crippen molar-refractivity contribution >= 4 is 12.8 Å². The van der Waals surface area contributed by atoms with Crippen molar-refractivity contribution in [1.29, 1.82) is 0 Å². The summed E-state index contributed by atoms with van der Waals surface area (Å²) in [6.07, 6.45) is 0.538. The van der Waals surface area contributed by atoms with Crippen LogP contribution >= 0.6 is 12.8 Å². The van der Waals surface area contributed by atoms with Crippen molar-refractivity contribution < 1.29 is 8.78 Å². The number of thiol groups is 1. The lowest BCUT2D eigenvalue weighted by Crippen LogP contribution is -2.43. The minimum absolute atomic E-state index is 0.211. The van der Waals surface area contributed by atoms with Gasteiger partial charge in [-0.05, 0) is 6.42 Å². The number of alkyl halides is 2. The summed E-state index contributed by atoms with van der Waals surface area (Å²) in [6.45, 7) is 2.04. The molecule has 1 unspecified atom stereocenters. The van der Waals surface area contributed by atoms with Crippen LogP contribution in [0.25, 0.3) is 0 Å². The van der Waals surface area contributed by atoms with E-state index >= 15 is 0 Å². The maximum Gasteiger partial charge on any atom is 0.264 e. The molecule has 1 fully saturated rings. The van der Waals surface area contributed by atoms with Gasteiger partial charge in [-0.15, -0.1) is 0 Å². The number of rotatable bonds is 0. The van der Waals surface area contributed by atoms with E-state index in [2.05, 4.69) is 12.8 Å². The monoisotopic (exact) mass is 167 g/mol. The molecule has 10 heavy (non-hydrogen) atoms. The first kappa shape index (κ1) is 8.27. The number of hydrogen-bond donors (Lipinski definition) is 1. The highest BCUT2D eigenvalue weighted by molar-refractivity contribution is 7.77. The number of hydrogen-bond acceptors (Lipinski definition) is 2. The van der Waals surface area contributed by atoms with Crippen LogP contribution in [0.5, 0.6) is 0 Å². The molecule has 0 N–H and O–H groups in total. The summed E-state index contributed by atoms with van der Waals surface area (Å²) in [6, 6.07) is 0. The van der Waals surface area contributed by atoms with Crippen LogP contribution in [0.1, 0.15) is 13.3 Å². The fraction of sp³-hybridized carbons (Fsp3) is 1.00. The largest absolute Gasteiger partial charge is 0.264 e. The van der Waals surface area contributed by atoms with Crippen molar-refractivity contribution in [3.8, 4) is 0 Å². The summed E-state index contributed by atoms with van der Waals surface area (Å²) in [7, 11) is 0. The Morgan fingerprint density at radius 3 is 2.60 bits per heavy atom. The molecular formula is C6H11F2NS. The van der Waals surface area contributed by atoms with E-state index < -0.39 is 11.8 Å². The third-order valence-electron chi connectivity index (χ3n) is 1.93. The molecule has 0 aromatic carbocycles. The van der Waals surface area contributed by atoms with Crippen LogP contribution in [0.15, 0.2) is 0 Å². The predicted octanol–water partition coefficient (Wildman–Crippen LogP) is 1.81. The van der Waals surface area contributed by atoms with Crippen LogP contribution in [0.4, 0.5) is 8.78 Å². The molecule has 0 bridgehead atoms. The molecule has 0 saturated carbocycles. The van der Waals surface area contributed by atoms with Gasteiger partial charge in [0, 0.05) is 12.5 Å². The third kappa shape index (κ3) is 1.61. The molecule has 1 aliphatic heterocycles. The molecule has 4 heteroatoms. The Labute approximate surface area is 64.9 Å². The fourth-order valence-electron chi connectivity index (χ4n) is 1.03. The van der Waals surface area contributed by atoms with Gasteiger partial charge in [0.15, 0.2) is 0 Å². The van der Waals surface area contributed by atoms with Crippen molar-refractivity contribution in [2.24, 2.45) is 5.92 Å². The molecule has 1 heterocycles. The molecule has 1 rings (SSSR count). The van der Waals surface area contributed by atoms with Gasteiger partial charge in [0.25, 0.3) is 5.92 Å². The Kier molecular flexibility index (Phi) is 2.20. The molecule has 1 saturated heterocycles. The average Bonchev–Trinajstić information content (AvgIpc) is 1.78. The molecular weight excluding hydrogens is 156 g/mol. The molecule has 0 aromatic rings. The van der Waals surface area contributed by atoms with Gasteiger partial charge in [0.2, 0.25) is 0 Å². The van der Waals surface area contributed by atoms with Crippen molar-refractivity contribution in [1.82, 2.24) is 4.31 Å². The maximum absolute atomic E-state index is 12.8. The molecule has 60 valence electrons. The second-order valence-electron chi connectivity index (χ2n) is 2.84. The van der Waals surface area contributed by atoms with E-state index in [4.69, 9.17) is 0 Å². The lowest BCUT2D eigenvalue weighted by atomic mass is 9.96. The van der Waals surface area contributed by atoms with Gasteiger partial charge in [-0.3, -0.25) is 0 Å². The number of nitrogens with zero attached hydrogens (tertiary/aromatic N) is 1. The van der Waals surface area contributed by atoms with Crippen molar-refractivity contribution in [3.63, 3.8) is 0 Å². The molecule has 0 spiro atoms. The van der Waals surface area contributed by atoms with Crippen LogP contribution in [-0.4, -0.2) is 23.3 Å². The molecule has 0 aromatic heterocycles. The van der Waals surface area contributed by atoms with Crippen molar-refractivity contribution in [2.75, 3.05) is 13.1 Å². The van der Waals surface area contributed by atoms with Crippen LogP contribution in [-0.2, 0) is 0 Å². The summed E-state index contributed by atoms with van der Waals surface area (Å²) >= 11 is 3.87. The lowest BCUT2D eigenvalue weighted by Gasteiger charge is -2.33. The first-order valence-electron chi connectivity index (χ1n) is 3.34. The Morgan fingerprint density at radius 1 is 1.60 bits per heavy atom. The van der Waals surface area contributed by atoms with Crippen molar-refractivity contribution in [3.05, 3.63) is 0 Å². The average molecular weight is 167 g/mol. The van der Waals surface area contributed by atoms with E-state index in [1.54, 1.807) is 6.92 Å². The standard InChI is InChI=1S/C6H11F2NS/c1-5-2-3-9(10)4-6(5,7)8/h5,10H,2-4H2,1H3. The number of piperidine rings is 1. The fourth-order valence-corrected chi connectivity index (χ4v) is 1.34. The molecule has 1 nitrogen and oxygen atoms in total. The zero-order valence-electron chi connectivity index (χ0n) is 5.85. The van der Waals surface area contributed by atoms with E-state index in [0.29, 0.717) is 13.0 Å². The first-order chi connectivity index (χ1) is 4.52. The lowest BCUT2D eigenvalue weighted by molar-refractivity contribution is -0.0841. The quantitative estimate of drug-likeness (QED) is 0.538. The molecule has 0 amide bonds. The van der Waals surface area contributed by atoms with Crippen LogP contribution < -0.4 is 0 Å². The Hall–Kier alpha value is 0.170. The van der Waals surface area contributed by atoms with Crippen molar-refractivity contribution in [2.45, 2.75) is 19.3 Å². The van der Waals surface area contributed by atoms with E-state index in [0.717, 1.165) is 0 Å². The molecule has 1 atom stereocenters. The van der Waals surface area contributed by atoms with E-state index in [-0.39, 0.29) is 6.54 Å². The minimum Gasteiger partial charge on any atom is -0.247 e. The Balaban J connectivity index is 2.55. The summed E-state index contributed by atoms with van der Waals surface area (Å²) in [5.74, 6) is -3.03. The second kappa shape index (κ2) is 2.66. The third-order valence-corrected chi connectivity index (χ3v) is 2.28. The molecule has 1 aliphatic rings. The highest BCUT2D eigenvalue weighted by Crippen LogP contribution is 2.32. The van der Waals surface area contributed by atoms with Crippen LogP contribution in [0, 0.1) is 5.92 Å². The smallest absolute Gasteiger partial charge is 0.247 e. The van der Waals surface area contributed by atoms with E-state index in [1.807, 2.05) is 0 Å². The Bertz CT molecular complexity index is 129. The van der Waals surface area contributed by atoms with E-state index in [9.17, 15) is 8.78 Å². The zero-order chi connectivity index (χ0) is 7.78. The summed E-state index contributed by atoms with van der Waals surface area (Å²) < 4.78 is 26.9. The van der Waals surface area contributed by atoms with Gasteiger partial charge < -0.3 is 0 Å². The van der Waals surface area contributed by atoms with Gasteiger partial charge in [0.1, 0.15) is 0 Å². The minimum atomic E-state index is -2.54. The normalized spacial score (nSPS) is 34.2. The SMILES string of the molecule is CC1CCN(S)CC1(F)F. The molecule has 0 aliphatic carbocycles. The summed E-state index contributed by atoms with van der Waals surface area (Å²) in [4.78, 5) is 0. The predicted molar refractivity (Wildman–Crippen MR) is 39.3 cm³/mol. The van der Waals surface area contributed by atoms with Gasteiger partial charge >= 0.3 is 0 Å². The highest BCUT2D eigenvalue weighted by atomic mass is 32.1. The maximum atomic E-state index is 12.8. The summed E-state index contributed by atoms with van der Waals surface area (Å²) in [5.41, 5.74) is 0. The number of halogens is 2. The van der Waals surface area contributed by atoms with Gasteiger partial charge in [-0.2, -0.15) is 0 Å². The van der Waals surface area contributed by atoms with Crippen LogP contribution in [0.3, 0.4) is 0 Å². The van der Waals surface area contributed by atoms with Gasteiger partial charge in [-0.1, -0.05) is 19.7 Å². The summed E-state index contributed by atoms with van der Waals surface area (Å²) in [5, 5.41) is 0. The second-order valence-corrected chi connectivity index (χ2v) is 3.40. The first-order valence-corrected chi connectivity index (χ1v) is 3.74. The van der Waals surface area contributed by atoms with Gasteiger partial charge in [-0.25, -0.2) is 13.1 Å². The van der Waals surface area contributed by atoms with Gasteiger partial charge in [0.05, 0.1) is 6.54 Å². The molecule has 0 radical (unpaired) electrons. The van der Waals surface area contributed by atoms with E-state index in [1.165, 1.54) is 4.31 Å². The Morgan fingerprint density at radius 2 is 2.20 bits per heavy atom. The zero-order valence-corrected chi connectivity index (χ0v) is 6.74.